The molecule has 0 spiro atoms. The molecule has 0 N–H and O–H groups in total. The summed E-state index contributed by atoms with van der Waals surface area (Å²) in [4.78, 5) is 0. The number of hydrogen-bond acceptors (Lipinski definition) is 0. The normalized spacial score (nSPS) is 24.0. The van der Waals surface area contributed by atoms with Gasteiger partial charge in [-0.25, -0.2) is 0 Å². The molecule has 164 valence electrons. The number of hydrogen-bond donors (Lipinski definition) is 0. The molecule has 0 fully saturated rings. The van der Waals surface area contributed by atoms with Gasteiger partial charge in [0.05, 0.1) is 0 Å². The van der Waals surface area contributed by atoms with Gasteiger partial charge in [-0.15, -0.1) is 0 Å². The van der Waals surface area contributed by atoms with Crippen LogP contribution in [0.15, 0.2) is 121 Å². The van der Waals surface area contributed by atoms with E-state index in [1.165, 1.54) is 33.4 Å². The largest absolute Gasteiger partial charge is 0.0811 e. The molecule has 4 unspecified atom stereocenters. The quantitative estimate of drug-likeness (QED) is 0.382. The van der Waals surface area contributed by atoms with E-state index < -0.39 is 0 Å². The Labute approximate surface area is 198 Å². The number of rotatable bonds is 5. The Morgan fingerprint density at radius 3 is 1.79 bits per heavy atom. The summed E-state index contributed by atoms with van der Waals surface area (Å²) in [5, 5.41) is 0. The van der Waals surface area contributed by atoms with E-state index in [1.54, 1.807) is 0 Å². The van der Waals surface area contributed by atoms with Crippen LogP contribution in [0.3, 0.4) is 0 Å². The van der Waals surface area contributed by atoms with Crippen LogP contribution in [0.25, 0.3) is 16.7 Å². The Kier molecular flexibility index (Phi) is 6.26. The minimum Gasteiger partial charge on any atom is -0.0811 e. The highest BCUT2D eigenvalue weighted by Gasteiger charge is 2.28. The molecule has 33 heavy (non-hydrogen) atoms. The zero-order valence-electron chi connectivity index (χ0n) is 19.6. The van der Waals surface area contributed by atoms with E-state index in [1.807, 2.05) is 0 Å². The average molecular weight is 429 g/mol. The van der Waals surface area contributed by atoms with Gasteiger partial charge >= 0.3 is 0 Å². The topological polar surface area (TPSA) is 0 Å². The third kappa shape index (κ3) is 4.86. The Bertz CT molecular complexity index is 1190. The highest BCUT2D eigenvalue weighted by molar-refractivity contribution is 5.75. The maximum absolute atomic E-state index is 2.51. The summed E-state index contributed by atoms with van der Waals surface area (Å²) in [5.41, 5.74) is 7.90. The van der Waals surface area contributed by atoms with E-state index >= 15 is 0 Å². The summed E-state index contributed by atoms with van der Waals surface area (Å²) in [7, 11) is 0. The first-order valence-corrected chi connectivity index (χ1v) is 12.2. The molecule has 0 saturated carbocycles. The lowest BCUT2D eigenvalue weighted by Crippen LogP contribution is -2.25. The molecule has 2 aliphatic rings. The Balaban J connectivity index is 1.29. The van der Waals surface area contributed by atoms with Gasteiger partial charge in [0, 0.05) is 0 Å². The Hall–Kier alpha value is -3.38. The Morgan fingerprint density at radius 1 is 0.545 bits per heavy atom. The second-order valence-corrected chi connectivity index (χ2v) is 9.56. The van der Waals surface area contributed by atoms with Crippen molar-refractivity contribution >= 4 is 5.57 Å². The molecule has 4 atom stereocenters. The molecule has 5 rings (SSSR count). The van der Waals surface area contributed by atoms with Gasteiger partial charge < -0.3 is 0 Å². The van der Waals surface area contributed by atoms with E-state index in [0.717, 1.165) is 6.42 Å². The van der Waals surface area contributed by atoms with Crippen LogP contribution in [0, 0.1) is 23.7 Å². The molecule has 0 heterocycles. The lowest BCUT2D eigenvalue weighted by molar-refractivity contribution is 0.331. The fourth-order valence-corrected chi connectivity index (χ4v) is 5.16. The van der Waals surface area contributed by atoms with Crippen LogP contribution in [-0.2, 0) is 6.42 Å². The standard InChI is InChI=1S/C33H32/c1-24-8-6-7-11-32(24)33-23-31(17-12-25(33)2)30-20-15-27(16-21-30)22-26-13-18-29(19-14-26)28-9-4-3-5-10-28/h3-21,23-25,32-33H,22H2,1-2H3. The first-order valence-electron chi connectivity index (χ1n) is 12.2. The molecule has 3 aromatic rings. The molecule has 2 aliphatic carbocycles. The second kappa shape index (κ2) is 9.63. The molecule has 0 aliphatic heterocycles. The summed E-state index contributed by atoms with van der Waals surface area (Å²) in [5.74, 6) is 2.27. The van der Waals surface area contributed by atoms with Gasteiger partial charge in [-0.2, -0.15) is 0 Å². The van der Waals surface area contributed by atoms with Crippen LogP contribution in [0.4, 0.5) is 0 Å². The van der Waals surface area contributed by atoms with Gasteiger partial charge in [0.2, 0.25) is 0 Å². The van der Waals surface area contributed by atoms with Crippen LogP contribution in [0.5, 0.6) is 0 Å². The van der Waals surface area contributed by atoms with E-state index in [9.17, 15) is 0 Å². The summed E-state index contributed by atoms with van der Waals surface area (Å²) in [6, 6.07) is 28.7. The number of benzene rings is 3. The molecule has 0 saturated heterocycles. The number of allylic oxidation sites excluding steroid dienone is 8. The molecule has 0 amide bonds. The monoisotopic (exact) mass is 428 g/mol. The van der Waals surface area contributed by atoms with Crippen molar-refractivity contribution in [2.75, 3.05) is 0 Å². The van der Waals surface area contributed by atoms with Crippen LogP contribution < -0.4 is 0 Å². The lowest BCUT2D eigenvalue weighted by atomic mass is 9.71. The van der Waals surface area contributed by atoms with Gasteiger partial charge in [0.15, 0.2) is 0 Å². The van der Waals surface area contributed by atoms with Crippen molar-refractivity contribution in [1.82, 2.24) is 0 Å². The van der Waals surface area contributed by atoms with Crippen LogP contribution in [0.2, 0.25) is 0 Å². The third-order valence-corrected chi connectivity index (χ3v) is 7.23. The van der Waals surface area contributed by atoms with Crippen molar-refractivity contribution in [3.8, 4) is 11.1 Å². The van der Waals surface area contributed by atoms with Crippen molar-refractivity contribution in [2.24, 2.45) is 23.7 Å². The lowest BCUT2D eigenvalue weighted by Gasteiger charge is -2.33. The molecule has 3 aromatic carbocycles. The van der Waals surface area contributed by atoms with Gasteiger partial charge in [0.25, 0.3) is 0 Å². The van der Waals surface area contributed by atoms with Crippen LogP contribution in [0.1, 0.15) is 30.5 Å². The summed E-state index contributed by atoms with van der Waals surface area (Å²) in [6.45, 7) is 4.68. The fourth-order valence-electron chi connectivity index (χ4n) is 5.16. The minimum atomic E-state index is 0.545. The molecule has 0 radical (unpaired) electrons. The van der Waals surface area contributed by atoms with Gasteiger partial charge in [-0.3, -0.25) is 0 Å². The summed E-state index contributed by atoms with van der Waals surface area (Å²) in [6.07, 6.45) is 17.3. The zero-order chi connectivity index (χ0) is 22.6. The molecule has 0 aromatic heterocycles. The zero-order valence-corrected chi connectivity index (χ0v) is 19.6. The smallest absolute Gasteiger partial charge is 0.00258 e. The van der Waals surface area contributed by atoms with E-state index in [0.29, 0.717) is 23.7 Å². The van der Waals surface area contributed by atoms with E-state index in [2.05, 4.69) is 135 Å². The van der Waals surface area contributed by atoms with Crippen molar-refractivity contribution in [3.05, 3.63) is 138 Å². The van der Waals surface area contributed by atoms with Crippen molar-refractivity contribution < 1.29 is 0 Å². The molecular formula is C33H32. The van der Waals surface area contributed by atoms with E-state index in [4.69, 9.17) is 0 Å². The highest BCUT2D eigenvalue weighted by atomic mass is 14.3. The van der Waals surface area contributed by atoms with Gasteiger partial charge in [-0.1, -0.05) is 135 Å². The van der Waals surface area contributed by atoms with Gasteiger partial charge in [-0.05, 0) is 63.5 Å². The fraction of sp³-hybridized carbons (Fsp3) is 0.212. The highest BCUT2D eigenvalue weighted by Crippen LogP contribution is 2.38. The third-order valence-electron chi connectivity index (χ3n) is 7.23. The summed E-state index contributed by atoms with van der Waals surface area (Å²) >= 11 is 0. The van der Waals surface area contributed by atoms with Crippen LogP contribution in [-0.4, -0.2) is 0 Å². The summed E-state index contributed by atoms with van der Waals surface area (Å²) < 4.78 is 0. The predicted octanol–water partition coefficient (Wildman–Crippen LogP) is 8.53. The van der Waals surface area contributed by atoms with Crippen LogP contribution >= 0.6 is 0 Å². The molecule has 0 bridgehead atoms. The van der Waals surface area contributed by atoms with Crippen molar-refractivity contribution in [1.29, 1.82) is 0 Å². The van der Waals surface area contributed by atoms with Crippen molar-refractivity contribution in [3.63, 3.8) is 0 Å². The maximum atomic E-state index is 2.51. The van der Waals surface area contributed by atoms with E-state index in [-0.39, 0.29) is 0 Å². The first-order chi connectivity index (χ1) is 16.2. The minimum absolute atomic E-state index is 0.545. The Morgan fingerprint density at radius 2 is 1.12 bits per heavy atom. The SMILES string of the molecule is CC1C=CC=CC1C1C=C(c2ccc(Cc3ccc(-c4ccccc4)cc3)cc2)C=CC1C. The average Bonchev–Trinajstić information content (AvgIpc) is 2.86. The van der Waals surface area contributed by atoms with Crippen molar-refractivity contribution in [2.45, 2.75) is 20.3 Å². The second-order valence-electron chi connectivity index (χ2n) is 9.56. The predicted molar refractivity (Wildman–Crippen MR) is 142 cm³/mol. The molecule has 0 heteroatoms. The maximum Gasteiger partial charge on any atom is -0.00258 e. The molecule has 0 nitrogen and oxygen atoms in total. The van der Waals surface area contributed by atoms with Gasteiger partial charge in [0.1, 0.15) is 0 Å². The molecular weight excluding hydrogens is 396 g/mol. The first kappa shape index (κ1) is 21.5.